The fourth-order valence-electron chi connectivity index (χ4n) is 4.84. The molecule has 0 aliphatic carbocycles. The van der Waals surface area contributed by atoms with Gasteiger partial charge in [-0.2, -0.15) is 0 Å². The number of hydrogen-bond acceptors (Lipinski definition) is 6. The van der Waals surface area contributed by atoms with Gasteiger partial charge in [-0.25, -0.2) is 4.79 Å². The summed E-state index contributed by atoms with van der Waals surface area (Å²) in [6.45, 7) is 7.43. The van der Waals surface area contributed by atoms with Gasteiger partial charge in [0.1, 0.15) is 5.75 Å². The fourth-order valence-corrected chi connectivity index (χ4v) is 4.84. The molecule has 2 aromatic carbocycles. The molecule has 2 amide bonds. The highest BCUT2D eigenvalue weighted by molar-refractivity contribution is 6.09. The molecule has 0 unspecified atom stereocenters. The van der Waals surface area contributed by atoms with E-state index in [1.165, 1.54) is 0 Å². The van der Waals surface area contributed by atoms with Crippen LogP contribution in [0.15, 0.2) is 48.5 Å². The quantitative estimate of drug-likeness (QED) is 0.451. The third-order valence-corrected chi connectivity index (χ3v) is 6.78. The number of ether oxygens (including phenoxy) is 2. The van der Waals surface area contributed by atoms with Crippen molar-refractivity contribution in [2.75, 3.05) is 26.8 Å². The fraction of sp³-hybridized carbons (Fsp3) is 0.414. The number of fused-ring (bicyclic) bond motifs is 1. The predicted molar refractivity (Wildman–Crippen MR) is 142 cm³/mol. The van der Waals surface area contributed by atoms with Crippen molar-refractivity contribution in [1.82, 2.24) is 15.5 Å². The molecule has 1 fully saturated rings. The lowest BCUT2D eigenvalue weighted by Gasteiger charge is -2.35. The lowest BCUT2D eigenvalue weighted by Crippen LogP contribution is -2.46. The molecule has 2 N–H and O–H groups in total. The molecule has 196 valence electrons. The first kappa shape index (κ1) is 26.3. The predicted octanol–water partition coefficient (Wildman–Crippen LogP) is 4.19. The van der Waals surface area contributed by atoms with Crippen LogP contribution in [0.3, 0.4) is 0 Å². The molecule has 2 heterocycles. The number of likely N-dealkylation sites (tertiary alicyclic amines) is 1. The number of nitrogens with zero attached hydrogens (tertiary/aromatic N) is 1. The van der Waals surface area contributed by atoms with E-state index in [2.05, 4.69) is 24.5 Å². The number of nitrogens with one attached hydrogen (secondary N) is 2. The van der Waals surface area contributed by atoms with E-state index >= 15 is 0 Å². The van der Waals surface area contributed by atoms with E-state index in [0.717, 1.165) is 29.0 Å². The van der Waals surface area contributed by atoms with Crippen LogP contribution in [0.2, 0.25) is 0 Å². The Morgan fingerprint density at radius 2 is 1.76 bits per heavy atom. The highest BCUT2D eigenvalue weighted by atomic mass is 16.6. The summed E-state index contributed by atoms with van der Waals surface area (Å²) < 4.78 is 10.4. The van der Waals surface area contributed by atoms with Gasteiger partial charge in [-0.15, -0.1) is 0 Å². The first-order valence-electron chi connectivity index (χ1n) is 12.7. The van der Waals surface area contributed by atoms with Gasteiger partial charge in [0.2, 0.25) is 0 Å². The number of hydrogen-bond donors (Lipinski definition) is 2. The van der Waals surface area contributed by atoms with E-state index in [0.29, 0.717) is 43.7 Å². The lowest BCUT2D eigenvalue weighted by molar-refractivity contribution is 0.0859. The molecule has 0 bridgehead atoms. The number of piperidine rings is 1. The smallest absolute Gasteiger partial charge is 0.409 e. The SMILES string of the molecule is CCOC(=O)N1CCC(NC(=O)c2ccc(C(=O)C=C3NC(C)(C)Cc4ccc(OC)cc43)cc2)CC1. The largest absolute Gasteiger partial charge is 0.497 e. The monoisotopic (exact) mass is 505 g/mol. The summed E-state index contributed by atoms with van der Waals surface area (Å²) >= 11 is 0. The molecular formula is C29H35N3O5. The maximum absolute atomic E-state index is 13.1. The molecule has 2 aromatic rings. The molecule has 0 spiro atoms. The molecule has 0 atom stereocenters. The van der Waals surface area contributed by atoms with Gasteiger partial charge in [-0.3, -0.25) is 9.59 Å². The normalized spacial score (nSPS) is 17.9. The summed E-state index contributed by atoms with van der Waals surface area (Å²) in [5, 5.41) is 6.52. The van der Waals surface area contributed by atoms with Crippen LogP contribution in [0, 0.1) is 0 Å². The van der Waals surface area contributed by atoms with Crippen molar-refractivity contribution < 1.29 is 23.9 Å². The van der Waals surface area contributed by atoms with E-state index < -0.39 is 0 Å². The highest BCUT2D eigenvalue weighted by Crippen LogP contribution is 2.32. The molecule has 1 saturated heterocycles. The molecule has 2 aliphatic heterocycles. The van der Waals surface area contributed by atoms with Crippen molar-refractivity contribution in [3.05, 3.63) is 70.8 Å². The lowest BCUT2D eigenvalue weighted by atomic mass is 9.85. The third kappa shape index (κ3) is 6.31. The Labute approximate surface area is 218 Å². The van der Waals surface area contributed by atoms with Crippen LogP contribution in [-0.4, -0.2) is 61.1 Å². The number of allylic oxidation sites excluding steroid dienone is 1. The summed E-state index contributed by atoms with van der Waals surface area (Å²) in [6.07, 6.45) is 3.49. The Bertz CT molecular complexity index is 1190. The molecule has 8 heteroatoms. The Balaban J connectivity index is 1.41. The summed E-state index contributed by atoms with van der Waals surface area (Å²) in [7, 11) is 1.63. The average molecular weight is 506 g/mol. The van der Waals surface area contributed by atoms with Gasteiger partial charge in [-0.1, -0.05) is 18.2 Å². The molecule has 0 aromatic heterocycles. The van der Waals surface area contributed by atoms with Gasteiger partial charge in [0.25, 0.3) is 5.91 Å². The topological polar surface area (TPSA) is 97.0 Å². The second kappa shape index (κ2) is 11.1. The molecule has 0 radical (unpaired) electrons. The van der Waals surface area contributed by atoms with E-state index in [9.17, 15) is 14.4 Å². The third-order valence-electron chi connectivity index (χ3n) is 6.78. The maximum Gasteiger partial charge on any atom is 0.409 e. The number of carbonyl (C=O) groups is 3. The Morgan fingerprint density at radius 3 is 2.41 bits per heavy atom. The minimum Gasteiger partial charge on any atom is -0.497 e. The molecule has 4 rings (SSSR count). The van der Waals surface area contributed by atoms with Crippen LogP contribution in [0.5, 0.6) is 5.75 Å². The van der Waals surface area contributed by atoms with Gasteiger partial charge in [-0.05, 0) is 69.9 Å². The Hall–Kier alpha value is -3.81. The van der Waals surface area contributed by atoms with Crippen molar-refractivity contribution in [2.24, 2.45) is 0 Å². The summed E-state index contributed by atoms with van der Waals surface area (Å²) in [4.78, 5) is 39.4. The van der Waals surface area contributed by atoms with Crippen LogP contribution in [0.1, 0.15) is 65.5 Å². The van der Waals surface area contributed by atoms with Gasteiger partial charge in [0, 0.05) is 53.1 Å². The number of benzene rings is 2. The van der Waals surface area contributed by atoms with Gasteiger partial charge in [0.05, 0.1) is 13.7 Å². The first-order valence-corrected chi connectivity index (χ1v) is 12.7. The second-order valence-electron chi connectivity index (χ2n) is 10.1. The highest BCUT2D eigenvalue weighted by Gasteiger charge is 2.29. The minimum atomic E-state index is -0.308. The zero-order valence-corrected chi connectivity index (χ0v) is 21.9. The molecule has 2 aliphatic rings. The van der Waals surface area contributed by atoms with Crippen molar-refractivity contribution in [2.45, 2.75) is 51.6 Å². The van der Waals surface area contributed by atoms with Crippen LogP contribution >= 0.6 is 0 Å². The maximum atomic E-state index is 13.1. The van der Waals surface area contributed by atoms with Crippen LogP contribution in [0.25, 0.3) is 5.70 Å². The summed E-state index contributed by atoms with van der Waals surface area (Å²) in [6, 6.07) is 12.6. The zero-order chi connectivity index (χ0) is 26.6. The van der Waals surface area contributed by atoms with Crippen LogP contribution in [-0.2, 0) is 11.2 Å². The zero-order valence-electron chi connectivity index (χ0n) is 21.9. The average Bonchev–Trinajstić information content (AvgIpc) is 2.88. The van der Waals surface area contributed by atoms with Crippen molar-refractivity contribution in [3.8, 4) is 5.75 Å². The van der Waals surface area contributed by atoms with Crippen molar-refractivity contribution in [1.29, 1.82) is 0 Å². The Kier molecular flexibility index (Phi) is 7.86. The second-order valence-corrected chi connectivity index (χ2v) is 10.1. The van der Waals surface area contributed by atoms with Crippen LogP contribution < -0.4 is 15.4 Å². The first-order chi connectivity index (χ1) is 17.7. The van der Waals surface area contributed by atoms with Gasteiger partial charge in [0.15, 0.2) is 5.78 Å². The summed E-state index contributed by atoms with van der Waals surface area (Å²) in [5.74, 6) is 0.399. The molecule has 37 heavy (non-hydrogen) atoms. The van der Waals surface area contributed by atoms with E-state index in [1.54, 1.807) is 49.3 Å². The standard InChI is InChI=1S/C29H35N3O5/c1-5-37-28(35)32-14-12-22(13-15-32)30-27(34)20-8-6-19(7-9-20)26(33)17-25-24-16-23(36-4)11-10-21(24)18-29(2,3)31-25/h6-11,16-17,22,31H,5,12-15,18H2,1-4H3,(H,30,34). The van der Waals surface area contributed by atoms with Gasteiger partial charge >= 0.3 is 6.09 Å². The van der Waals surface area contributed by atoms with E-state index in [4.69, 9.17) is 9.47 Å². The molecule has 0 saturated carbocycles. The minimum absolute atomic E-state index is 0.0120. The van der Waals surface area contributed by atoms with Crippen molar-refractivity contribution in [3.63, 3.8) is 0 Å². The van der Waals surface area contributed by atoms with Crippen molar-refractivity contribution >= 4 is 23.5 Å². The number of carbonyl (C=O) groups excluding carboxylic acids is 3. The van der Waals surface area contributed by atoms with Gasteiger partial charge < -0.3 is 25.0 Å². The Morgan fingerprint density at radius 1 is 1.08 bits per heavy atom. The van der Waals surface area contributed by atoms with Crippen LogP contribution in [0.4, 0.5) is 4.79 Å². The molecule has 8 nitrogen and oxygen atoms in total. The molecular weight excluding hydrogens is 470 g/mol. The summed E-state index contributed by atoms with van der Waals surface area (Å²) in [5.41, 5.74) is 3.67. The number of rotatable bonds is 6. The van der Waals surface area contributed by atoms with E-state index in [-0.39, 0.29) is 29.4 Å². The number of ketones is 1. The number of methoxy groups -OCH3 is 1. The van der Waals surface area contributed by atoms with E-state index in [1.807, 2.05) is 18.2 Å². The number of amides is 2.